The lowest BCUT2D eigenvalue weighted by Crippen LogP contribution is -2.13. The molecule has 4 aromatic rings. The molecule has 2 aromatic carbocycles. The first-order chi connectivity index (χ1) is 13.5. The Labute approximate surface area is 172 Å². The van der Waals surface area contributed by atoms with Crippen LogP contribution in [0.15, 0.2) is 48.5 Å². The highest BCUT2D eigenvalue weighted by Gasteiger charge is 2.21. The Morgan fingerprint density at radius 3 is 2.71 bits per heavy atom. The Morgan fingerprint density at radius 2 is 1.96 bits per heavy atom. The summed E-state index contributed by atoms with van der Waals surface area (Å²) in [6, 6.07) is 16.0. The van der Waals surface area contributed by atoms with E-state index in [0.29, 0.717) is 28.1 Å². The fraction of sp³-hybridized carbons (Fsp3) is 0.190. The number of nitrogens with one attached hydrogen (secondary N) is 1. The second kappa shape index (κ2) is 7.73. The maximum Gasteiger partial charge on any atom is 0.262 e. The van der Waals surface area contributed by atoms with E-state index in [2.05, 4.69) is 34.5 Å². The summed E-state index contributed by atoms with van der Waals surface area (Å²) >= 11 is 7.94. The van der Waals surface area contributed by atoms with Gasteiger partial charge >= 0.3 is 0 Å². The number of hydrogen-bond acceptors (Lipinski definition) is 4. The number of nitrogens with zero attached hydrogens (tertiary/aromatic N) is 3. The van der Waals surface area contributed by atoms with Crippen LogP contribution in [0.25, 0.3) is 10.2 Å². The van der Waals surface area contributed by atoms with E-state index in [0.717, 1.165) is 22.2 Å². The van der Waals surface area contributed by atoms with E-state index >= 15 is 0 Å². The molecule has 1 N–H and O–H groups in total. The number of hydrogen-bond donors (Lipinski definition) is 1. The molecular formula is C21H19ClN4OS. The van der Waals surface area contributed by atoms with Crippen LogP contribution in [0.2, 0.25) is 5.15 Å². The van der Waals surface area contributed by atoms with Gasteiger partial charge in [-0.1, -0.05) is 66.3 Å². The van der Waals surface area contributed by atoms with Crippen LogP contribution in [-0.4, -0.2) is 20.7 Å². The average Bonchev–Trinajstić information content (AvgIpc) is 3.21. The number of halogens is 1. The standard InChI is InChI=1S/C21H19ClN4OS/c1-3-14-9-10-16-17(11-14)28-21(23-16)24-20(27)18-13(2)25-26(19(18)22)12-15-7-5-4-6-8-15/h4-11H,3,12H2,1-2H3,(H,23,24,27). The quantitative estimate of drug-likeness (QED) is 0.484. The van der Waals surface area contributed by atoms with Crippen molar-refractivity contribution in [1.82, 2.24) is 14.8 Å². The fourth-order valence-corrected chi connectivity index (χ4v) is 4.32. The van der Waals surface area contributed by atoms with E-state index in [1.807, 2.05) is 36.4 Å². The molecule has 0 aliphatic carbocycles. The van der Waals surface area contributed by atoms with Gasteiger partial charge in [0.1, 0.15) is 5.15 Å². The van der Waals surface area contributed by atoms with Gasteiger partial charge in [0.05, 0.1) is 28.0 Å². The highest BCUT2D eigenvalue weighted by molar-refractivity contribution is 7.22. The average molecular weight is 411 g/mol. The zero-order chi connectivity index (χ0) is 19.7. The van der Waals surface area contributed by atoms with Gasteiger partial charge < -0.3 is 0 Å². The highest BCUT2D eigenvalue weighted by Crippen LogP contribution is 2.28. The summed E-state index contributed by atoms with van der Waals surface area (Å²) in [5.41, 5.74) is 4.16. The van der Waals surface area contributed by atoms with Gasteiger partial charge in [0.2, 0.25) is 0 Å². The molecule has 0 saturated carbocycles. The number of aryl methyl sites for hydroxylation is 2. The van der Waals surface area contributed by atoms with Crippen LogP contribution in [0.1, 0.15) is 34.1 Å². The van der Waals surface area contributed by atoms with Gasteiger partial charge in [0.15, 0.2) is 5.13 Å². The largest absolute Gasteiger partial charge is 0.298 e. The van der Waals surface area contributed by atoms with Gasteiger partial charge in [0.25, 0.3) is 5.91 Å². The number of carbonyl (C=O) groups is 1. The molecule has 0 aliphatic heterocycles. The summed E-state index contributed by atoms with van der Waals surface area (Å²) in [5.74, 6) is -0.295. The number of fused-ring (bicyclic) bond motifs is 1. The summed E-state index contributed by atoms with van der Waals surface area (Å²) in [5, 5.41) is 8.20. The van der Waals surface area contributed by atoms with Crippen LogP contribution in [0.4, 0.5) is 5.13 Å². The molecule has 0 radical (unpaired) electrons. The van der Waals surface area contributed by atoms with Crippen molar-refractivity contribution in [2.75, 3.05) is 5.32 Å². The zero-order valence-corrected chi connectivity index (χ0v) is 17.1. The molecule has 0 fully saturated rings. The van der Waals surface area contributed by atoms with Crippen LogP contribution in [-0.2, 0) is 13.0 Å². The third-order valence-corrected chi connectivity index (χ3v) is 5.87. The second-order valence-electron chi connectivity index (χ2n) is 6.52. The fourth-order valence-electron chi connectivity index (χ4n) is 3.07. The maximum atomic E-state index is 12.8. The van der Waals surface area contributed by atoms with Crippen molar-refractivity contribution in [2.45, 2.75) is 26.8 Å². The molecule has 7 heteroatoms. The number of anilines is 1. The number of amides is 1. The molecular weight excluding hydrogens is 392 g/mol. The van der Waals surface area contributed by atoms with E-state index < -0.39 is 0 Å². The van der Waals surface area contributed by atoms with Crippen LogP contribution >= 0.6 is 22.9 Å². The topological polar surface area (TPSA) is 59.8 Å². The highest BCUT2D eigenvalue weighted by atomic mass is 35.5. The van der Waals surface area contributed by atoms with Gasteiger partial charge in [-0.05, 0) is 36.6 Å². The van der Waals surface area contributed by atoms with E-state index in [-0.39, 0.29) is 5.91 Å². The second-order valence-corrected chi connectivity index (χ2v) is 7.91. The summed E-state index contributed by atoms with van der Waals surface area (Å²) in [7, 11) is 0. The summed E-state index contributed by atoms with van der Waals surface area (Å²) in [6.07, 6.45) is 0.963. The Morgan fingerprint density at radius 1 is 1.18 bits per heavy atom. The number of rotatable bonds is 5. The lowest BCUT2D eigenvalue weighted by molar-refractivity contribution is 0.102. The Kier molecular flexibility index (Phi) is 5.15. The summed E-state index contributed by atoms with van der Waals surface area (Å²) in [6.45, 7) is 4.41. The van der Waals surface area contributed by atoms with Crippen LogP contribution in [0.3, 0.4) is 0 Å². The Hall–Kier alpha value is -2.70. The van der Waals surface area contributed by atoms with Gasteiger partial charge in [-0.15, -0.1) is 0 Å². The molecule has 0 aliphatic rings. The molecule has 2 aromatic heterocycles. The van der Waals surface area contributed by atoms with Crippen molar-refractivity contribution in [3.8, 4) is 0 Å². The normalized spacial score (nSPS) is 11.1. The molecule has 0 bridgehead atoms. The predicted molar refractivity (Wildman–Crippen MR) is 114 cm³/mol. The van der Waals surface area contributed by atoms with Crippen molar-refractivity contribution < 1.29 is 4.79 Å². The van der Waals surface area contributed by atoms with Gasteiger partial charge in [-0.3, -0.25) is 10.1 Å². The molecule has 142 valence electrons. The predicted octanol–water partition coefficient (Wildman–Crippen LogP) is 5.32. The SMILES string of the molecule is CCc1ccc2nc(NC(=O)c3c(C)nn(Cc4ccccc4)c3Cl)sc2c1. The molecule has 0 unspecified atom stereocenters. The Bertz CT molecular complexity index is 1150. The summed E-state index contributed by atoms with van der Waals surface area (Å²) in [4.78, 5) is 17.3. The minimum atomic E-state index is -0.295. The first-order valence-electron chi connectivity index (χ1n) is 9.02. The van der Waals surface area contributed by atoms with Gasteiger partial charge in [-0.2, -0.15) is 5.10 Å². The first kappa shape index (κ1) is 18.7. The van der Waals surface area contributed by atoms with Crippen LogP contribution in [0.5, 0.6) is 0 Å². The van der Waals surface area contributed by atoms with Crippen LogP contribution in [0, 0.1) is 6.92 Å². The molecule has 4 rings (SSSR count). The lowest BCUT2D eigenvalue weighted by Gasteiger charge is -2.04. The zero-order valence-electron chi connectivity index (χ0n) is 15.6. The van der Waals surface area contributed by atoms with Crippen molar-refractivity contribution in [1.29, 1.82) is 0 Å². The van der Waals surface area contributed by atoms with Crippen molar-refractivity contribution in [3.05, 3.63) is 76.1 Å². The minimum Gasteiger partial charge on any atom is -0.298 e. The van der Waals surface area contributed by atoms with Crippen LogP contribution < -0.4 is 5.32 Å². The lowest BCUT2D eigenvalue weighted by atomic mass is 10.2. The smallest absolute Gasteiger partial charge is 0.262 e. The Balaban J connectivity index is 1.58. The van der Waals surface area contributed by atoms with Gasteiger partial charge in [0, 0.05) is 0 Å². The van der Waals surface area contributed by atoms with E-state index in [9.17, 15) is 4.79 Å². The molecule has 0 atom stereocenters. The maximum absolute atomic E-state index is 12.8. The number of aromatic nitrogens is 3. The number of carbonyl (C=O) groups excluding carboxylic acids is 1. The summed E-state index contributed by atoms with van der Waals surface area (Å²) < 4.78 is 2.70. The number of thiazole rings is 1. The van der Waals surface area contributed by atoms with Gasteiger partial charge in [-0.25, -0.2) is 9.67 Å². The molecule has 5 nitrogen and oxygen atoms in total. The van der Waals surface area contributed by atoms with Crippen molar-refractivity contribution in [2.24, 2.45) is 0 Å². The first-order valence-corrected chi connectivity index (χ1v) is 10.2. The number of benzene rings is 2. The van der Waals surface area contributed by atoms with E-state index in [1.165, 1.54) is 16.9 Å². The molecule has 28 heavy (non-hydrogen) atoms. The molecule has 0 spiro atoms. The van der Waals surface area contributed by atoms with E-state index in [4.69, 9.17) is 11.6 Å². The van der Waals surface area contributed by atoms with Crippen molar-refractivity contribution in [3.63, 3.8) is 0 Å². The van der Waals surface area contributed by atoms with Crippen molar-refractivity contribution >= 4 is 44.2 Å². The molecule has 2 heterocycles. The third-order valence-electron chi connectivity index (χ3n) is 4.55. The minimum absolute atomic E-state index is 0.295. The van der Waals surface area contributed by atoms with E-state index in [1.54, 1.807) is 11.6 Å². The molecule has 0 saturated heterocycles. The molecule has 1 amide bonds. The third kappa shape index (κ3) is 3.66. The monoisotopic (exact) mass is 410 g/mol.